The summed E-state index contributed by atoms with van der Waals surface area (Å²) in [6.07, 6.45) is 3.48. The molecule has 0 atom stereocenters. The minimum Gasteiger partial charge on any atom is -0.490 e. The van der Waals surface area contributed by atoms with Crippen molar-refractivity contribution >= 4 is 17.4 Å². The summed E-state index contributed by atoms with van der Waals surface area (Å²) in [5.41, 5.74) is 0. The fourth-order valence-corrected chi connectivity index (χ4v) is 1.53. The summed E-state index contributed by atoms with van der Waals surface area (Å²) in [4.78, 5) is 7.97. The van der Waals surface area contributed by atoms with E-state index in [4.69, 9.17) is 16.3 Å². The number of nitrogens with one attached hydrogen (secondary N) is 1. The first-order chi connectivity index (χ1) is 7.22. The van der Waals surface area contributed by atoms with E-state index in [-0.39, 0.29) is 0 Å². The summed E-state index contributed by atoms with van der Waals surface area (Å²) in [7, 11) is 1.56. The van der Waals surface area contributed by atoms with Gasteiger partial charge in [0, 0.05) is 6.04 Å². The molecular weight excluding hydrogens is 214 g/mol. The highest BCUT2D eigenvalue weighted by molar-refractivity contribution is 6.31. The number of hydrogen-bond donors (Lipinski definition) is 1. The second-order valence-corrected chi connectivity index (χ2v) is 3.56. The molecule has 15 heavy (non-hydrogen) atoms. The van der Waals surface area contributed by atoms with Crippen LogP contribution in [0.1, 0.15) is 26.7 Å². The SMILES string of the molecule is CCC(CC)Nc1ncnc(Cl)c1OC. The quantitative estimate of drug-likeness (QED) is 0.789. The third-order valence-corrected chi connectivity index (χ3v) is 2.56. The van der Waals surface area contributed by atoms with E-state index in [0.717, 1.165) is 12.8 Å². The number of aromatic nitrogens is 2. The van der Waals surface area contributed by atoms with Crippen molar-refractivity contribution in [1.29, 1.82) is 0 Å². The lowest BCUT2D eigenvalue weighted by Gasteiger charge is -2.17. The Morgan fingerprint density at radius 2 is 2.07 bits per heavy atom. The standard InChI is InChI=1S/C10H16ClN3O/c1-4-7(5-2)14-10-8(15-3)9(11)12-6-13-10/h6-7H,4-5H2,1-3H3,(H,12,13,14). The summed E-state index contributed by atoms with van der Waals surface area (Å²) in [6.45, 7) is 4.24. The van der Waals surface area contributed by atoms with Crippen molar-refractivity contribution < 1.29 is 4.74 Å². The number of rotatable bonds is 5. The molecule has 0 aromatic carbocycles. The normalized spacial score (nSPS) is 10.5. The highest BCUT2D eigenvalue weighted by atomic mass is 35.5. The fourth-order valence-electron chi connectivity index (χ4n) is 1.32. The number of halogens is 1. The van der Waals surface area contributed by atoms with Crippen LogP contribution in [0, 0.1) is 0 Å². The molecule has 0 bridgehead atoms. The van der Waals surface area contributed by atoms with Crippen molar-refractivity contribution in [1.82, 2.24) is 9.97 Å². The molecule has 84 valence electrons. The van der Waals surface area contributed by atoms with Crippen LogP contribution in [0.25, 0.3) is 0 Å². The Bertz CT molecular complexity index is 316. The molecule has 0 saturated carbocycles. The molecule has 0 aliphatic heterocycles. The fraction of sp³-hybridized carbons (Fsp3) is 0.600. The number of ether oxygens (including phenoxy) is 1. The van der Waals surface area contributed by atoms with Crippen LogP contribution >= 0.6 is 11.6 Å². The Morgan fingerprint density at radius 3 is 2.60 bits per heavy atom. The molecule has 1 rings (SSSR count). The maximum atomic E-state index is 5.88. The van der Waals surface area contributed by atoms with E-state index in [1.165, 1.54) is 6.33 Å². The second kappa shape index (κ2) is 5.75. The predicted octanol–water partition coefficient (Wildman–Crippen LogP) is 2.74. The zero-order valence-corrected chi connectivity index (χ0v) is 10.0. The topological polar surface area (TPSA) is 47.0 Å². The third-order valence-electron chi connectivity index (χ3n) is 2.29. The van der Waals surface area contributed by atoms with Gasteiger partial charge >= 0.3 is 0 Å². The van der Waals surface area contributed by atoms with Crippen LogP contribution in [0.15, 0.2) is 6.33 Å². The Kier molecular flexibility index (Phi) is 4.62. The Hall–Kier alpha value is -1.03. The van der Waals surface area contributed by atoms with E-state index >= 15 is 0 Å². The summed E-state index contributed by atoms with van der Waals surface area (Å²) < 4.78 is 5.15. The van der Waals surface area contributed by atoms with E-state index in [2.05, 4.69) is 29.1 Å². The molecule has 0 spiro atoms. The molecule has 0 saturated heterocycles. The monoisotopic (exact) mass is 229 g/mol. The van der Waals surface area contributed by atoms with Gasteiger partial charge in [0.05, 0.1) is 7.11 Å². The first-order valence-corrected chi connectivity index (χ1v) is 5.41. The minimum absolute atomic E-state index is 0.334. The van der Waals surface area contributed by atoms with Gasteiger partial charge in [-0.2, -0.15) is 0 Å². The van der Waals surface area contributed by atoms with Crippen LogP contribution in [-0.2, 0) is 0 Å². The third kappa shape index (κ3) is 2.96. The van der Waals surface area contributed by atoms with Crippen molar-refractivity contribution in [3.63, 3.8) is 0 Å². The maximum Gasteiger partial charge on any atom is 0.198 e. The van der Waals surface area contributed by atoms with Crippen molar-refractivity contribution in [3.8, 4) is 5.75 Å². The maximum absolute atomic E-state index is 5.88. The lowest BCUT2D eigenvalue weighted by molar-refractivity contribution is 0.412. The van der Waals surface area contributed by atoms with Gasteiger partial charge in [-0.25, -0.2) is 9.97 Å². The summed E-state index contributed by atoms with van der Waals surface area (Å²) >= 11 is 5.88. The number of hydrogen-bond acceptors (Lipinski definition) is 4. The highest BCUT2D eigenvalue weighted by Crippen LogP contribution is 2.29. The van der Waals surface area contributed by atoms with Gasteiger partial charge in [-0.1, -0.05) is 25.4 Å². The van der Waals surface area contributed by atoms with Crippen molar-refractivity contribution in [2.45, 2.75) is 32.7 Å². The molecule has 5 heteroatoms. The smallest absolute Gasteiger partial charge is 0.198 e. The molecule has 0 aliphatic rings. The van der Waals surface area contributed by atoms with E-state index in [1.54, 1.807) is 7.11 Å². The lowest BCUT2D eigenvalue weighted by atomic mass is 10.2. The summed E-state index contributed by atoms with van der Waals surface area (Å²) in [5.74, 6) is 1.16. The van der Waals surface area contributed by atoms with Crippen LogP contribution in [0.3, 0.4) is 0 Å². The Labute approximate surface area is 95.0 Å². The molecule has 0 aliphatic carbocycles. The van der Waals surface area contributed by atoms with E-state index < -0.39 is 0 Å². The Balaban J connectivity index is 2.88. The zero-order chi connectivity index (χ0) is 11.3. The highest BCUT2D eigenvalue weighted by Gasteiger charge is 2.12. The average Bonchev–Trinajstić information content (AvgIpc) is 2.26. The Morgan fingerprint density at radius 1 is 1.40 bits per heavy atom. The van der Waals surface area contributed by atoms with Gasteiger partial charge in [-0.3, -0.25) is 0 Å². The molecule has 1 heterocycles. The second-order valence-electron chi connectivity index (χ2n) is 3.20. The summed E-state index contributed by atoms with van der Waals surface area (Å²) in [6, 6.07) is 0.380. The lowest BCUT2D eigenvalue weighted by Crippen LogP contribution is -2.18. The molecule has 0 radical (unpaired) electrons. The summed E-state index contributed by atoms with van der Waals surface area (Å²) in [5, 5.41) is 3.61. The molecule has 4 nitrogen and oxygen atoms in total. The van der Waals surface area contributed by atoms with Gasteiger partial charge in [0.2, 0.25) is 0 Å². The molecule has 1 N–H and O–H groups in total. The van der Waals surface area contributed by atoms with Gasteiger partial charge in [0.25, 0.3) is 0 Å². The van der Waals surface area contributed by atoms with Crippen LogP contribution in [0.2, 0.25) is 5.15 Å². The van der Waals surface area contributed by atoms with E-state index in [1.807, 2.05) is 0 Å². The average molecular weight is 230 g/mol. The molecule has 0 fully saturated rings. The number of anilines is 1. The molecule has 0 amide bonds. The van der Waals surface area contributed by atoms with Gasteiger partial charge in [0.1, 0.15) is 6.33 Å². The van der Waals surface area contributed by atoms with Crippen LogP contribution in [-0.4, -0.2) is 23.1 Å². The number of methoxy groups -OCH3 is 1. The first-order valence-electron chi connectivity index (χ1n) is 5.03. The van der Waals surface area contributed by atoms with Crippen molar-refractivity contribution in [3.05, 3.63) is 11.5 Å². The number of nitrogens with zero attached hydrogens (tertiary/aromatic N) is 2. The van der Waals surface area contributed by atoms with Crippen molar-refractivity contribution in [2.24, 2.45) is 0 Å². The van der Waals surface area contributed by atoms with Gasteiger partial charge < -0.3 is 10.1 Å². The molecule has 1 aromatic rings. The van der Waals surface area contributed by atoms with Crippen LogP contribution in [0.5, 0.6) is 5.75 Å². The molecular formula is C10H16ClN3O. The molecule has 1 aromatic heterocycles. The van der Waals surface area contributed by atoms with Crippen LogP contribution in [0.4, 0.5) is 5.82 Å². The van der Waals surface area contributed by atoms with Crippen LogP contribution < -0.4 is 10.1 Å². The van der Waals surface area contributed by atoms with Crippen molar-refractivity contribution in [2.75, 3.05) is 12.4 Å². The largest absolute Gasteiger partial charge is 0.490 e. The van der Waals surface area contributed by atoms with Gasteiger partial charge in [-0.15, -0.1) is 0 Å². The van der Waals surface area contributed by atoms with Gasteiger partial charge in [0.15, 0.2) is 16.7 Å². The molecule has 0 unspecified atom stereocenters. The minimum atomic E-state index is 0.334. The van der Waals surface area contributed by atoms with E-state index in [0.29, 0.717) is 22.8 Å². The van der Waals surface area contributed by atoms with E-state index in [9.17, 15) is 0 Å². The van der Waals surface area contributed by atoms with Gasteiger partial charge in [-0.05, 0) is 12.8 Å². The predicted molar refractivity (Wildman–Crippen MR) is 61.6 cm³/mol. The zero-order valence-electron chi connectivity index (χ0n) is 9.25. The first kappa shape index (κ1) is 12.0.